The summed E-state index contributed by atoms with van der Waals surface area (Å²) in [7, 11) is 1.75. The van der Waals surface area contributed by atoms with Crippen LogP contribution in [0, 0.1) is 5.92 Å². The van der Waals surface area contributed by atoms with Crippen LogP contribution in [0.3, 0.4) is 0 Å². The molecule has 2 unspecified atom stereocenters. The molecule has 0 spiro atoms. The van der Waals surface area contributed by atoms with Crippen LogP contribution in [0.2, 0.25) is 0 Å². The van der Waals surface area contributed by atoms with Crippen LogP contribution >= 0.6 is 0 Å². The van der Waals surface area contributed by atoms with Gasteiger partial charge in [0.1, 0.15) is 5.75 Å². The first-order valence-electron chi connectivity index (χ1n) is 7.16. The van der Waals surface area contributed by atoms with Crippen LogP contribution in [-0.2, 0) is 5.41 Å². The van der Waals surface area contributed by atoms with Gasteiger partial charge in [0.25, 0.3) is 0 Å². The van der Waals surface area contributed by atoms with Gasteiger partial charge in [0, 0.05) is 12.0 Å². The average molecular weight is 257 g/mol. The van der Waals surface area contributed by atoms with E-state index in [2.05, 4.69) is 37.4 Å². The second-order valence-corrected chi connectivity index (χ2v) is 6.16. The Morgan fingerprint density at radius 1 is 1.26 bits per heavy atom. The summed E-state index contributed by atoms with van der Waals surface area (Å²) in [4.78, 5) is 0. The van der Waals surface area contributed by atoms with Crippen molar-refractivity contribution in [1.82, 2.24) is 5.32 Å². The molecule has 1 aliphatic heterocycles. The molecule has 102 valence electrons. The second-order valence-electron chi connectivity index (χ2n) is 6.16. The van der Waals surface area contributed by atoms with Crippen molar-refractivity contribution in [2.24, 2.45) is 5.92 Å². The van der Waals surface area contributed by atoms with Gasteiger partial charge in [0.2, 0.25) is 0 Å². The minimum Gasteiger partial charge on any atom is -0.497 e. The third kappa shape index (κ3) is 1.99. The first-order chi connectivity index (χ1) is 9.15. The van der Waals surface area contributed by atoms with Crippen molar-refractivity contribution in [3.63, 3.8) is 0 Å². The summed E-state index contributed by atoms with van der Waals surface area (Å²) in [5.41, 5.74) is 4.88. The molecular weight excluding hydrogens is 234 g/mol. The highest BCUT2D eigenvalue weighted by molar-refractivity contribution is 5.40. The Bertz CT molecular complexity index is 520. The summed E-state index contributed by atoms with van der Waals surface area (Å²) in [5.74, 6) is 1.70. The predicted octanol–water partition coefficient (Wildman–Crippen LogP) is 3.28. The van der Waals surface area contributed by atoms with Gasteiger partial charge in [0.05, 0.1) is 7.11 Å². The number of hydrogen-bond acceptors (Lipinski definition) is 2. The van der Waals surface area contributed by atoms with Gasteiger partial charge >= 0.3 is 0 Å². The van der Waals surface area contributed by atoms with E-state index in [1.165, 1.54) is 18.4 Å². The molecule has 1 N–H and O–H groups in total. The van der Waals surface area contributed by atoms with Gasteiger partial charge in [-0.2, -0.15) is 0 Å². The molecule has 0 bridgehead atoms. The summed E-state index contributed by atoms with van der Waals surface area (Å²) in [6, 6.07) is 8.66. The summed E-state index contributed by atoms with van der Waals surface area (Å²) in [5, 5.41) is 3.61. The smallest absolute Gasteiger partial charge is 0.119 e. The Morgan fingerprint density at radius 2 is 2.11 bits per heavy atom. The maximum absolute atomic E-state index is 5.41. The van der Waals surface area contributed by atoms with E-state index >= 15 is 0 Å². The third-order valence-electron chi connectivity index (χ3n) is 5.12. The van der Waals surface area contributed by atoms with Gasteiger partial charge < -0.3 is 10.1 Å². The highest BCUT2D eigenvalue weighted by Gasteiger charge is 2.46. The number of nitrogens with one attached hydrogen (secondary N) is 1. The predicted molar refractivity (Wildman–Crippen MR) is 78.6 cm³/mol. The molecule has 1 fully saturated rings. The molecule has 3 rings (SSSR count). The van der Waals surface area contributed by atoms with Gasteiger partial charge in [-0.1, -0.05) is 23.3 Å². The van der Waals surface area contributed by atoms with Crippen molar-refractivity contribution in [3.8, 4) is 5.75 Å². The molecule has 2 aliphatic rings. The fourth-order valence-electron chi connectivity index (χ4n) is 3.82. The van der Waals surface area contributed by atoms with E-state index in [1.54, 1.807) is 18.3 Å². The van der Waals surface area contributed by atoms with Crippen LogP contribution in [-0.4, -0.2) is 20.2 Å². The molecule has 2 atom stereocenters. The lowest BCUT2D eigenvalue weighted by molar-refractivity contribution is 0.314. The molecule has 0 aromatic heterocycles. The third-order valence-corrected chi connectivity index (χ3v) is 5.12. The maximum atomic E-state index is 5.41. The van der Waals surface area contributed by atoms with E-state index < -0.39 is 0 Å². The van der Waals surface area contributed by atoms with Crippen molar-refractivity contribution < 1.29 is 4.74 Å². The van der Waals surface area contributed by atoms with E-state index in [0.29, 0.717) is 0 Å². The van der Waals surface area contributed by atoms with Crippen LogP contribution < -0.4 is 10.1 Å². The summed E-state index contributed by atoms with van der Waals surface area (Å²) < 4.78 is 5.41. The Kier molecular flexibility index (Phi) is 3.14. The first kappa shape index (κ1) is 12.7. The molecule has 1 heterocycles. The summed E-state index contributed by atoms with van der Waals surface area (Å²) >= 11 is 0. The van der Waals surface area contributed by atoms with Gasteiger partial charge in [-0.25, -0.2) is 0 Å². The highest BCUT2D eigenvalue weighted by Crippen LogP contribution is 2.48. The van der Waals surface area contributed by atoms with Crippen LogP contribution in [0.25, 0.3) is 0 Å². The fourth-order valence-corrected chi connectivity index (χ4v) is 3.82. The lowest BCUT2D eigenvalue weighted by Gasteiger charge is -2.40. The van der Waals surface area contributed by atoms with Crippen molar-refractivity contribution in [3.05, 3.63) is 41.0 Å². The molecule has 0 amide bonds. The van der Waals surface area contributed by atoms with Crippen LogP contribution in [0.1, 0.15) is 32.3 Å². The number of methoxy groups -OCH3 is 1. The number of ether oxygens (including phenoxy) is 1. The number of benzene rings is 1. The largest absolute Gasteiger partial charge is 0.497 e. The lowest BCUT2D eigenvalue weighted by atomic mass is 9.63. The van der Waals surface area contributed by atoms with Crippen LogP contribution in [0.15, 0.2) is 35.4 Å². The Hall–Kier alpha value is -1.28. The van der Waals surface area contributed by atoms with Gasteiger partial charge in [-0.15, -0.1) is 0 Å². The molecule has 0 saturated carbocycles. The Balaban J connectivity index is 2.05. The quantitative estimate of drug-likeness (QED) is 0.821. The number of rotatable bonds is 2. The normalized spacial score (nSPS) is 30.4. The topological polar surface area (TPSA) is 21.3 Å². The Labute approximate surface area is 115 Å². The summed E-state index contributed by atoms with van der Waals surface area (Å²) in [6.45, 7) is 6.83. The molecule has 1 saturated heterocycles. The number of fused-ring (bicyclic) bond motifs is 1. The molecule has 1 aliphatic carbocycles. The molecule has 0 radical (unpaired) electrons. The van der Waals surface area contributed by atoms with E-state index in [4.69, 9.17) is 4.74 Å². The zero-order chi connectivity index (χ0) is 13.5. The average Bonchev–Trinajstić information content (AvgIpc) is 2.83. The van der Waals surface area contributed by atoms with Gasteiger partial charge in [-0.05, 0) is 56.8 Å². The number of hydrogen-bond donors (Lipinski definition) is 1. The van der Waals surface area contributed by atoms with Crippen molar-refractivity contribution in [1.29, 1.82) is 0 Å². The van der Waals surface area contributed by atoms with E-state index in [-0.39, 0.29) is 5.41 Å². The SMILES string of the molecule is COc1cccc(C23CNCC2CC(C)=C(C)C3)c1. The van der Waals surface area contributed by atoms with Gasteiger partial charge in [-0.3, -0.25) is 0 Å². The van der Waals surface area contributed by atoms with E-state index in [1.807, 2.05) is 6.07 Å². The zero-order valence-corrected chi connectivity index (χ0v) is 12.1. The molecular formula is C17H23NO. The minimum atomic E-state index is 0.276. The molecule has 19 heavy (non-hydrogen) atoms. The highest BCUT2D eigenvalue weighted by atomic mass is 16.5. The molecule has 2 heteroatoms. The van der Waals surface area contributed by atoms with E-state index in [9.17, 15) is 0 Å². The standard InChI is InChI=1S/C17H23NO/c1-12-7-15-10-18-11-17(15,9-13(12)2)14-5-4-6-16(8-14)19-3/h4-6,8,15,18H,7,9-11H2,1-3H3. The van der Waals surface area contributed by atoms with Crippen LogP contribution in [0.4, 0.5) is 0 Å². The van der Waals surface area contributed by atoms with Crippen LogP contribution in [0.5, 0.6) is 5.75 Å². The minimum absolute atomic E-state index is 0.276. The number of allylic oxidation sites excluding steroid dienone is 2. The van der Waals surface area contributed by atoms with Crippen molar-refractivity contribution in [2.75, 3.05) is 20.2 Å². The summed E-state index contributed by atoms with van der Waals surface area (Å²) in [6.07, 6.45) is 2.42. The van der Waals surface area contributed by atoms with Gasteiger partial charge in [0.15, 0.2) is 0 Å². The Morgan fingerprint density at radius 3 is 2.89 bits per heavy atom. The molecule has 1 aromatic rings. The second kappa shape index (κ2) is 4.68. The van der Waals surface area contributed by atoms with E-state index in [0.717, 1.165) is 24.8 Å². The molecule has 2 nitrogen and oxygen atoms in total. The zero-order valence-electron chi connectivity index (χ0n) is 12.1. The van der Waals surface area contributed by atoms with Crippen molar-refractivity contribution >= 4 is 0 Å². The molecule has 1 aromatic carbocycles. The fraction of sp³-hybridized carbons (Fsp3) is 0.529. The first-order valence-corrected chi connectivity index (χ1v) is 7.16. The van der Waals surface area contributed by atoms with Crippen molar-refractivity contribution in [2.45, 2.75) is 32.1 Å². The maximum Gasteiger partial charge on any atom is 0.119 e. The lowest BCUT2D eigenvalue weighted by Crippen LogP contribution is -2.38. The monoisotopic (exact) mass is 257 g/mol.